The van der Waals surface area contributed by atoms with E-state index in [2.05, 4.69) is 21.0 Å². The van der Waals surface area contributed by atoms with Gasteiger partial charge in [0.25, 0.3) is 5.91 Å². The van der Waals surface area contributed by atoms with Gasteiger partial charge in [0.15, 0.2) is 0 Å². The Morgan fingerprint density at radius 1 is 1.50 bits per heavy atom. The summed E-state index contributed by atoms with van der Waals surface area (Å²) < 4.78 is 2.67. The molecule has 0 saturated heterocycles. The molecule has 0 atom stereocenters. The molecule has 2 aromatic rings. The van der Waals surface area contributed by atoms with Crippen LogP contribution in [0.2, 0.25) is 0 Å². The van der Waals surface area contributed by atoms with E-state index < -0.39 is 0 Å². The molecular weight excluding hydrogens is 318 g/mol. The molecule has 104 valence electrons. The number of aromatic nitrogens is 2. The van der Waals surface area contributed by atoms with Gasteiger partial charge >= 0.3 is 0 Å². The molecule has 1 aromatic heterocycles. The SMILES string of the molecule is CN(CC1CC1)C(=O)c1cccc(-n2cc(Br)cn2)c1. The minimum absolute atomic E-state index is 0.0740. The Hall–Kier alpha value is -1.62. The normalized spacial score (nSPS) is 14.3. The fourth-order valence-corrected chi connectivity index (χ4v) is 2.50. The van der Waals surface area contributed by atoms with Gasteiger partial charge in [0.1, 0.15) is 0 Å². The number of carbonyl (C=O) groups excluding carboxylic acids is 1. The van der Waals surface area contributed by atoms with E-state index in [1.54, 1.807) is 10.9 Å². The molecule has 1 heterocycles. The molecule has 0 radical (unpaired) electrons. The van der Waals surface area contributed by atoms with Gasteiger partial charge in [-0.3, -0.25) is 4.79 Å². The number of hydrogen-bond acceptors (Lipinski definition) is 2. The lowest BCUT2D eigenvalue weighted by atomic mass is 10.1. The zero-order chi connectivity index (χ0) is 14.1. The van der Waals surface area contributed by atoms with E-state index in [0.29, 0.717) is 11.5 Å². The molecule has 1 aromatic carbocycles. The first-order valence-electron chi connectivity index (χ1n) is 6.69. The fraction of sp³-hybridized carbons (Fsp3) is 0.333. The zero-order valence-corrected chi connectivity index (χ0v) is 12.9. The number of benzene rings is 1. The van der Waals surface area contributed by atoms with Crippen LogP contribution < -0.4 is 0 Å². The Morgan fingerprint density at radius 3 is 2.95 bits per heavy atom. The van der Waals surface area contributed by atoms with Crippen LogP contribution in [0, 0.1) is 5.92 Å². The molecule has 5 heteroatoms. The molecule has 1 aliphatic carbocycles. The van der Waals surface area contributed by atoms with Gasteiger partial charge in [-0.15, -0.1) is 0 Å². The summed E-state index contributed by atoms with van der Waals surface area (Å²) in [6.45, 7) is 0.858. The van der Waals surface area contributed by atoms with Crippen LogP contribution in [0.15, 0.2) is 41.1 Å². The maximum absolute atomic E-state index is 12.4. The van der Waals surface area contributed by atoms with Crippen molar-refractivity contribution in [1.29, 1.82) is 0 Å². The number of hydrogen-bond donors (Lipinski definition) is 0. The molecular formula is C15H16BrN3O. The molecule has 0 unspecified atom stereocenters. The third-order valence-electron chi connectivity index (χ3n) is 3.48. The Bertz CT molecular complexity index is 634. The minimum atomic E-state index is 0.0740. The summed E-state index contributed by atoms with van der Waals surface area (Å²) in [4.78, 5) is 14.2. The lowest BCUT2D eigenvalue weighted by Gasteiger charge is -2.17. The second kappa shape index (κ2) is 5.40. The smallest absolute Gasteiger partial charge is 0.253 e. The summed E-state index contributed by atoms with van der Waals surface area (Å²) in [7, 11) is 1.87. The minimum Gasteiger partial charge on any atom is -0.341 e. The van der Waals surface area contributed by atoms with Gasteiger partial charge in [0.05, 0.1) is 16.4 Å². The van der Waals surface area contributed by atoms with E-state index >= 15 is 0 Å². The second-order valence-corrected chi connectivity index (χ2v) is 6.20. The summed E-state index contributed by atoms with van der Waals surface area (Å²) in [6.07, 6.45) is 6.10. The van der Waals surface area contributed by atoms with Crippen molar-refractivity contribution in [3.8, 4) is 5.69 Å². The predicted molar refractivity (Wildman–Crippen MR) is 80.9 cm³/mol. The Balaban J connectivity index is 1.81. The standard InChI is InChI=1S/C15H16BrN3O/c1-18(9-11-5-6-11)15(20)12-3-2-4-14(7-12)19-10-13(16)8-17-19/h2-4,7-8,10-11H,5-6,9H2,1H3. The van der Waals surface area contributed by atoms with Crippen LogP contribution in [0.5, 0.6) is 0 Å². The lowest BCUT2D eigenvalue weighted by Crippen LogP contribution is -2.28. The van der Waals surface area contributed by atoms with Crippen LogP contribution in [-0.2, 0) is 0 Å². The maximum Gasteiger partial charge on any atom is 0.253 e. The summed E-state index contributed by atoms with van der Waals surface area (Å²) in [5.74, 6) is 0.777. The predicted octanol–water partition coefficient (Wildman–Crippen LogP) is 3.12. The molecule has 0 aliphatic heterocycles. The van der Waals surface area contributed by atoms with Gasteiger partial charge in [0, 0.05) is 25.4 Å². The average molecular weight is 334 g/mol. The summed E-state index contributed by atoms with van der Waals surface area (Å²) in [5.41, 5.74) is 1.60. The van der Waals surface area contributed by atoms with E-state index in [-0.39, 0.29) is 5.91 Å². The Morgan fingerprint density at radius 2 is 2.30 bits per heavy atom. The first-order chi connectivity index (χ1) is 9.63. The van der Waals surface area contributed by atoms with Gasteiger partial charge in [-0.05, 0) is 52.9 Å². The number of rotatable bonds is 4. The van der Waals surface area contributed by atoms with Crippen molar-refractivity contribution in [2.45, 2.75) is 12.8 Å². The van der Waals surface area contributed by atoms with Gasteiger partial charge in [0.2, 0.25) is 0 Å². The van der Waals surface area contributed by atoms with E-state index in [4.69, 9.17) is 0 Å². The van der Waals surface area contributed by atoms with Crippen LogP contribution >= 0.6 is 15.9 Å². The monoisotopic (exact) mass is 333 g/mol. The number of halogens is 1. The zero-order valence-electron chi connectivity index (χ0n) is 11.3. The van der Waals surface area contributed by atoms with Crippen LogP contribution in [-0.4, -0.2) is 34.2 Å². The van der Waals surface area contributed by atoms with E-state index in [0.717, 1.165) is 16.7 Å². The second-order valence-electron chi connectivity index (χ2n) is 5.28. The molecule has 0 spiro atoms. The van der Waals surface area contributed by atoms with Crippen LogP contribution in [0.4, 0.5) is 0 Å². The van der Waals surface area contributed by atoms with Crippen molar-refractivity contribution in [2.75, 3.05) is 13.6 Å². The molecule has 3 rings (SSSR count). The highest BCUT2D eigenvalue weighted by molar-refractivity contribution is 9.10. The van der Waals surface area contributed by atoms with Gasteiger partial charge < -0.3 is 4.90 Å². The largest absolute Gasteiger partial charge is 0.341 e. The van der Waals surface area contributed by atoms with Crippen molar-refractivity contribution < 1.29 is 4.79 Å². The van der Waals surface area contributed by atoms with Crippen LogP contribution in [0.3, 0.4) is 0 Å². The number of carbonyl (C=O) groups is 1. The highest BCUT2D eigenvalue weighted by Gasteiger charge is 2.25. The first-order valence-corrected chi connectivity index (χ1v) is 7.49. The van der Waals surface area contributed by atoms with Crippen LogP contribution in [0.1, 0.15) is 23.2 Å². The average Bonchev–Trinajstić information content (AvgIpc) is 3.16. The summed E-state index contributed by atoms with van der Waals surface area (Å²) >= 11 is 3.38. The van der Waals surface area contributed by atoms with Gasteiger partial charge in [-0.1, -0.05) is 6.07 Å². The van der Waals surface area contributed by atoms with Crippen molar-refractivity contribution in [3.05, 3.63) is 46.7 Å². The molecule has 1 fully saturated rings. The van der Waals surface area contributed by atoms with Crippen molar-refractivity contribution >= 4 is 21.8 Å². The van der Waals surface area contributed by atoms with Gasteiger partial charge in [-0.2, -0.15) is 5.10 Å². The third kappa shape index (κ3) is 2.93. The van der Waals surface area contributed by atoms with Crippen molar-refractivity contribution in [3.63, 3.8) is 0 Å². The highest BCUT2D eigenvalue weighted by Crippen LogP contribution is 2.29. The number of nitrogens with zero attached hydrogens (tertiary/aromatic N) is 3. The molecule has 1 amide bonds. The van der Waals surface area contributed by atoms with Crippen molar-refractivity contribution in [1.82, 2.24) is 14.7 Å². The van der Waals surface area contributed by atoms with E-state index in [1.807, 2.05) is 42.4 Å². The maximum atomic E-state index is 12.4. The first kappa shape index (κ1) is 13.4. The Kier molecular flexibility index (Phi) is 3.61. The molecule has 20 heavy (non-hydrogen) atoms. The quantitative estimate of drug-likeness (QED) is 0.862. The fourth-order valence-electron chi connectivity index (χ4n) is 2.21. The summed E-state index contributed by atoms with van der Waals surface area (Å²) in [6, 6.07) is 7.57. The molecule has 1 aliphatic rings. The topological polar surface area (TPSA) is 38.1 Å². The van der Waals surface area contributed by atoms with E-state index in [9.17, 15) is 4.79 Å². The van der Waals surface area contributed by atoms with E-state index in [1.165, 1.54) is 12.8 Å². The lowest BCUT2D eigenvalue weighted by molar-refractivity contribution is 0.0788. The molecule has 4 nitrogen and oxygen atoms in total. The molecule has 0 bridgehead atoms. The highest BCUT2D eigenvalue weighted by atomic mass is 79.9. The Labute approximate surface area is 126 Å². The van der Waals surface area contributed by atoms with Gasteiger partial charge in [-0.25, -0.2) is 4.68 Å². The number of amides is 1. The summed E-state index contributed by atoms with van der Waals surface area (Å²) in [5, 5.41) is 4.23. The third-order valence-corrected chi connectivity index (χ3v) is 3.89. The molecule has 0 N–H and O–H groups in total. The molecule has 1 saturated carbocycles. The van der Waals surface area contributed by atoms with Crippen LogP contribution in [0.25, 0.3) is 5.69 Å². The van der Waals surface area contributed by atoms with Crippen molar-refractivity contribution in [2.24, 2.45) is 5.92 Å².